The van der Waals surface area contributed by atoms with Crippen molar-refractivity contribution in [2.24, 2.45) is 0 Å². The number of carbonyl (C=O) groups excluding carboxylic acids is 1. The molecule has 0 saturated carbocycles. The topological polar surface area (TPSA) is 69.7 Å². The van der Waals surface area contributed by atoms with Crippen LogP contribution in [0.2, 0.25) is 0 Å². The van der Waals surface area contributed by atoms with Gasteiger partial charge in [-0.15, -0.1) is 0 Å². The lowest BCUT2D eigenvalue weighted by Crippen LogP contribution is -2.40. The fourth-order valence-electron chi connectivity index (χ4n) is 3.53. The van der Waals surface area contributed by atoms with Crippen LogP contribution in [-0.2, 0) is 27.9 Å². The number of nitrogens with zero attached hydrogens (tertiary/aromatic N) is 2. The molecule has 30 heavy (non-hydrogen) atoms. The fraction of sp³-hybridized carbons (Fsp3) is 0.409. The lowest BCUT2D eigenvalue weighted by atomic mass is 10.1. The molecule has 0 unspecified atom stereocenters. The summed E-state index contributed by atoms with van der Waals surface area (Å²) in [5.74, 6) is -0.347. The normalized spacial score (nSPS) is 15.0. The molecule has 0 aromatic heterocycles. The average Bonchev–Trinajstić information content (AvgIpc) is 2.72. The van der Waals surface area contributed by atoms with Crippen LogP contribution in [0.5, 0.6) is 0 Å². The number of hydrogen-bond donors (Lipinski definition) is 1. The van der Waals surface area contributed by atoms with Crippen LogP contribution in [0.1, 0.15) is 30.4 Å². The Labute approximate surface area is 187 Å². The highest BCUT2D eigenvalue weighted by molar-refractivity contribution is 9.10. The smallest absolute Gasteiger partial charge is 0.241 e. The van der Waals surface area contributed by atoms with Crippen LogP contribution in [0.4, 0.5) is 5.69 Å². The van der Waals surface area contributed by atoms with E-state index in [2.05, 4.69) is 38.3 Å². The molecule has 1 fully saturated rings. The number of benzene rings is 2. The molecular weight excluding hydrogens is 466 g/mol. The predicted octanol–water partition coefficient (Wildman–Crippen LogP) is 3.52. The van der Waals surface area contributed by atoms with Crippen LogP contribution in [0, 0.1) is 0 Å². The van der Waals surface area contributed by atoms with Crippen molar-refractivity contribution in [2.45, 2.75) is 32.4 Å². The molecule has 162 valence electrons. The van der Waals surface area contributed by atoms with Crippen molar-refractivity contribution in [1.82, 2.24) is 10.2 Å². The standard InChI is InChI=1S/C22H28BrN3O3S/c1-30(28,29)26(21-11-9-20(23)10-12-21)17-22(27)24-15-18-5-7-19(8-6-18)16-25-13-3-2-4-14-25/h5-12H,2-4,13-17H2,1H3,(H,24,27). The summed E-state index contributed by atoms with van der Waals surface area (Å²) in [6, 6.07) is 15.1. The van der Waals surface area contributed by atoms with Crippen molar-refractivity contribution in [3.8, 4) is 0 Å². The second-order valence-corrected chi connectivity index (χ2v) is 10.5. The highest BCUT2D eigenvalue weighted by atomic mass is 79.9. The SMILES string of the molecule is CS(=O)(=O)N(CC(=O)NCc1ccc(CN2CCCCC2)cc1)c1ccc(Br)cc1. The van der Waals surface area contributed by atoms with Gasteiger partial charge in [0.05, 0.1) is 11.9 Å². The Bertz CT molecular complexity index is 941. The third-order valence-electron chi connectivity index (χ3n) is 5.17. The van der Waals surface area contributed by atoms with E-state index in [-0.39, 0.29) is 12.5 Å². The van der Waals surface area contributed by atoms with Gasteiger partial charge in [0.25, 0.3) is 0 Å². The molecule has 1 saturated heterocycles. The Morgan fingerprint density at radius 1 is 1.00 bits per heavy atom. The number of likely N-dealkylation sites (tertiary alicyclic amines) is 1. The molecule has 1 amide bonds. The third-order valence-corrected chi connectivity index (χ3v) is 6.84. The van der Waals surface area contributed by atoms with Gasteiger partial charge in [-0.3, -0.25) is 14.0 Å². The van der Waals surface area contributed by atoms with E-state index in [1.54, 1.807) is 24.3 Å². The highest BCUT2D eigenvalue weighted by Crippen LogP contribution is 2.20. The van der Waals surface area contributed by atoms with Gasteiger partial charge in [0.15, 0.2) is 0 Å². The quantitative estimate of drug-likeness (QED) is 0.610. The molecule has 1 aliphatic heterocycles. The van der Waals surface area contributed by atoms with Gasteiger partial charge < -0.3 is 5.32 Å². The van der Waals surface area contributed by atoms with Crippen LogP contribution >= 0.6 is 15.9 Å². The van der Waals surface area contributed by atoms with Crippen molar-refractivity contribution in [2.75, 3.05) is 30.2 Å². The number of amides is 1. The first-order chi connectivity index (χ1) is 14.3. The maximum Gasteiger partial charge on any atom is 0.241 e. The molecule has 1 N–H and O–H groups in total. The van der Waals surface area contributed by atoms with E-state index >= 15 is 0 Å². The largest absolute Gasteiger partial charge is 0.350 e. The summed E-state index contributed by atoms with van der Waals surface area (Å²) in [7, 11) is -3.58. The van der Waals surface area contributed by atoms with E-state index in [1.807, 2.05) is 12.1 Å². The molecule has 1 heterocycles. The van der Waals surface area contributed by atoms with Crippen LogP contribution in [0.15, 0.2) is 53.0 Å². The van der Waals surface area contributed by atoms with Gasteiger partial charge in [-0.25, -0.2) is 8.42 Å². The summed E-state index contributed by atoms with van der Waals surface area (Å²) >= 11 is 3.33. The first kappa shape index (κ1) is 22.8. The summed E-state index contributed by atoms with van der Waals surface area (Å²) in [6.45, 7) is 3.39. The summed E-state index contributed by atoms with van der Waals surface area (Å²) in [5, 5.41) is 2.82. The van der Waals surface area contributed by atoms with E-state index < -0.39 is 10.0 Å². The number of nitrogens with one attached hydrogen (secondary N) is 1. The van der Waals surface area contributed by atoms with Gasteiger partial charge in [-0.1, -0.05) is 46.6 Å². The molecule has 0 bridgehead atoms. The second kappa shape index (κ2) is 10.4. The monoisotopic (exact) mass is 493 g/mol. The van der Waals surface area contributed by atoms with E-state index in [0.29, 0.717) is 12.2 Å². The lowest BCUT2D eigenvalue weighted by Gasteiger charge is -2.26. The van der Waals surface area contributed by atoms with Gasteiger partial charge in [-0.2, -0.15) is 0 Å². The molecule has 0 aliphatic carbocycles. The first-order valence-electron chi connectivity index (χ1n) is 10.1. The number of halogens is 1. The number of rotatable bonds is 8. The second-order valence-electron chi connectivity index (χ2n) is 7.68. The summed E-state index contributed by atoms with van der Waals surface area (Å²) in [5.41, 5.74) is 2.71. The molecule has 2 aromatic carbocycles. The van der Waals surface area contributed by atoms with E-state index in [9.17, 15) is 13.2 Å². The van der Waals surface area contributed by atoms with Crippen molar-refractivity contribution in [3.05, 3.63) is 64.1 Å². The van der Waals surface area contributed by atoms with Crippen LogP contribution < -0.4 is 9.62 Å². The molecule has 0 atom stereocenters. The highest BCUT2D eigenvalue weighted by Gasteiger charge is 2.20. The zero-order valence-electron chi connectivity index (χ0n) is 17.2. The van der Waals surface area contributed by atoms with Crippen molar-refractivity contribution in [1.29, 1.82) is 0 Å². The Balaban J connectivity index is 1.54. The number of piperidine rings is 1. The molecule has 8 heteroatoms. The first-order valence-corrected chi connectivity index (χ1v) is 12.8. The molecule has 2 aromatic rings. The van der Waals surface area contributed by atoms with Gasteiger partial charge in [0.1, 0.15) is 6.54 Å². The zero-order valence-corrected chi connectivity index (χ0v) is 19.6. The minimum Gasteiger partial charge on any atom is -0.350 e. The van der Waals surface area contributed by atoms with Crippen LogP contribution in [0.25, 0.3) is 0 Å². The minimum absolute atomic E-state index is 0.256. The summed E-state index contributed by atoms with van der Waals surface area (Å²) in [6.07, 6.45) is 4.97. The predicted molar refractivity (Wildman–Crippen MR) is 124 cm³/mol. The fourth-order valence-corrected chi connectivity index (χ4v) is 4.65. The molecule has 0 spiro atoms. The van der Waals surface area contributed by atoms with E-state index in [1.165, 1.54) is 24.8 Å². The number of anilines is 1. The van der Waals surface area contributed by atoms with Crippen LogP contribution in [0.3, 0.4) is 0 Å². The Kier molecular flexibility index (Phi) is 7.91. The van der Waals surface area contributed by atoms with Gasteiger partial charge in [0, 0.05) is 17.6 Å². The minimum atomic E-state index is -3.58. The zero-order chi connectivity index (χ0) is 21.6. The summed E-state index contributed by atoms with van der Waals surface area (Å²) in [4.78, 5) is 14.9. The van der Waals surface area contributed by atoms with E-state index in [0.717, 1.165) is 40.2 Å². The third kappa shape index (κ3) is 6.82. The Morgan fingerprint density at radius 2 is 1.60 bits per heavy atom. The van der Waals surface area contributed by atoms with Crippen molar-refractivity contribution >= 4 is 37.5 Å². The van der Waals surface area contributed by atoms with E-state index in [4.69, 9.17) is 0 Å². The maximum absolute atomic E-state index is 12.4. The number of carbonyl (C=O) groups is 1. The Hall–Kier alpha value is -1.90. The van der Waals surface area contributed by atoms with Gasteiger partial charge in [0.2, 0.25) is 15.9 Å². The molecule has 0 radical (unpaired) electrons. The number of sulfonamides is 1. The average molecular weight is 494 g/mol. The van der Waals surface area contributed by atoms with Gasteiger partial charge >= 0.3 is 0 Å². The molecule has 1 aliphatic rings. The lowest BCUT2D eigenvalue weighted by molar-refractivity contribution is -0.119. The van der Waals surface area contributed by atoms with Gasteiger partial charge in [-0.05, 0) is 61.3 Å². The van der Waals surface area contributed by atoms with Crippen molar-refractivity contribution in [3.63, 3.8) is 0 Å². The Morgan fingerprint density at radius 3 is 2.20 bits per heavy atom. The molecule has 3 rings (SSSR count). The molecule has 6 nitrogen and oxygen atoms in total. The number of hydrogen-bond acceptors (Lipinski definition) is 4. The summed E-state index contributed by atoms with van der Waals surface area (Å²) < 4.78 is 26.3. The van der Waals surface area contributed by atoms with Crippen molar-refractivity contribution < 1.29 is 13.2 Å². The maximum atomic E-state index is 12.4. The van der Waals surface area contributed by atoms with Crippen LogP contribution in [-0.4, -0.2) is 45.1 Å². The molecular formula is C22H28BrN3O3S.